The van der Waals surface area contributed by atoms with Crippen LogP contribution in [0.5, 0.6) is 0 Å². The van der Waals surface area contributed by atoms with Crippen LogP contribution in [0.4, 0.5) is 8.78 Å². The van der Waals surface area contributed by atoms with Gasteiger partial charge in [-0.05, 0) is 12.0 Å². The van der Waals surface area contributed by atoms with Crippen LogP contribution in [0.1, 0.15) is 19.4 Å². The van der Waals surface area contributed by atoms with Crippen LogP contribution in [0.3, 0.4) is 0 Å². The number of benzene rings is 1. The molecule has 1 rings (SSSR count). The third kappa shape index (κ3) is 2.86. The van der Waals surface area contributed by atoms with Crippen molar-refractivity contribution in [2.24, 2.45) is 11.7 Å². The zero-order valence-corrected chi connectivity index (χ0v) is 8.93. The third-order valence-electron chi connectivity index (χ3n) is 2.30. The Kier molecular flexibility index (Phi) is 3.97. The van der Waals surface area contributed by atoms with Gasteiger partial charge >= 0.3 is 0 Å². The Balaban J connectivity index is 3.11. The van der Waals surface area contributed by atoms with E-state index in [0.29, 0.717) is 6.54 Å². The lowest BCUT2D eigenvalue weighted by molar-refractivity contribution is 0.507. The van der Waals surface area contributed by atoms with Gasteiger partial charge in [0.2, 0.25) is 0 Å². The van der Waals surface area contributed by atoms with Gasteiger partial charge in [-0.3, -0.25) is 0 Å². The highest BCUT2D eigenvalue weighted by atomic mass is 19.2. The first-order chi connectivity index (χ1) is 7.06. The summed E-state index contributed by atoms with van der Waals surface area (Å²) >= 11 is 0. The SMILES string of the molecule is CC(C)C(=Cc1cccc(F)c1F)CN. The lowest BCUT2D eigenvalue weighted by atomic mass is 10.0. The van der Waals surface area contributed by atoms with Crippen molar-refractivity contribution in [1.29, 1.82) is 0 Å². The molecular formula is C12H15F2N. The average molecular weight is 211 g/mol. The topological polar surface area (TPSA) is 26.0 Å². The van der Waals surface area contributed by atoms with Gasteiger partial charge in [-0.2, -0.15) is 0 Å². The van der Waals surface area contributed by atoms with Gasteiger partial charge in [0.25, 0.3) is 0 Å². The van der Waals surface area contributed by atoms with E-state index in [2.05, 4.69) is 0 Å². The number of hydrogen-bond acceptors (Lipinski definition) is 1. The molecule has 0 unspecified atom stereocenters. The zero-order valence-electron chi connectivity index (χ0n) is 8.93. The van der Waals surface area contributed by atoms with E-state index >= 15 is 0 Å². The van der Waals surface area contributed by atoms with Gasteiger partial charge in [-0.1, -0.05) is 37.6 Å². The molecule has 2 N–H and O–H groups in total. The summed E-state index contributed by atoms with van der Waals surface area (Å²) in [6.45, 7) is 4.29. The van der Waals surface area contributed by atoms with Gasteiger partial charge in [0, 0.05) is 12.1 Å². The van der Waals surface area contributed by atoms with Crippen molar-refractivity contribution in [1.82, 2.24) is 0 Å². The molecule has 0 aliphatic rings. The molecule has 0 heterocycles. The summed E-state index contributed by atoms with van der Waals surface area (Å²) in [4.78, 5) is 0. The van der Waals surface area contributed by atoms with E-state index in [1.54, 1.807) is 6.08 Å². The fraction of sp³-hybridized carbons (Fsp3) is 0.333. The predicted molar refractivity (Wildman–Crippen MR) is 58.2 cm³/mol. The highest BCUT2D eigenvalue weighted by Crippen LogP contribution is 2.17. The van der Waals surface area contributed by atoms with E-state index < -0.39 is 11.6 Å². The molecule has 82 valence electrons. The van der Waals surface area contributed by atoms with Crippen molar-refractivity contribution in [3.05, 3.63) is 41.0 Å². The molecule has 0 amide bonds. The summed E-state index contributed by atoms with van der Waals surface area (Å²) in [7, 11) is 0. The predicted octanol–water partition coefficient (Wildman–Crippen LogP) is 2.96. The molecule has 0 atom stereocenters. The number of rotatable bonds is 3. The fourth-order valence-electron chi connectivity index (χ4n) is 1.29. The van der Waals surface area contributed by atoms with Crippen LogP contribution in [-0.4, -0.2) is 6.54 Å². The first-order valence-corrected chi connectivity index (χ1v) is 4.90. The Bertz CT molecular complexity index is 370. The zero-order chi connectivity index (χ0) is 11.4. The Morgan fingerprint density at radius 3 is 2.60 bits per heavy atom. The standard InChI is InChI=1S/C12H15F2N/c1-8(2)10(7-15)6-9-4-3-5-11(13)12(9)14/h3-6,8H,7,15H2,1-2H3. The van der Waals surface area contributed by atoms with Gasteiger partial charge < -0.3 is 5.73 Å². The van der Waals surface area contributed by atoms with Gasteiger partial charge in [-0.25, -0.2) is 8.78 Å². The lowest BCUT2D eigenvalue weighted by Crippen LogP contribution is -2.08. The second-order valence-corrected chi connectivity index (χ2v) is 3.72. The molecular weight excluding hydrogens is 196 g/mol. The van der Waals surface area contributed by atoms with E-state index in [-0.39, 0.29) is 11.5 Å². The summed E-state index contributed by atoms with van der Waals surface area (Å²) in [5.74, 6) is -1.41. The monoisotopic (exact) mass is 211 g/mol. The van der Waals surface area contributed by atoms with Gasteiger partial charge in [-0.15, -0.1) is 0 Å². The highest BCUT2D eigenvalue weighted by Gasteiger charge is 2.07. The Hall–Kier alpha value is -1.22. The van der Waals surface area contributed by atoms with Gasteiger partial charge in [0.1, 0.15) is 0 Å². The van der Waals surface area contributed by atoms with E-state index in [0.717, 1.165) is 11.6 Å². The minimum atomic E-state index is -0.830. The molecule has 1 aromatic carbocycles. The van der Waals surface area contributed by atoms with Crippen molar-refractivity contribution >= 4 is 6.08 Å². The summed E-state index contributed by atoms with van der Waals surface area (Å²) < 4.78 is 26.2. The van der Waals surface area contributed by atoms with Crippen molar-refractivity contribution < 1.29 is 8.78 Å². The molecule has 0 aromatic heterocycles. The maximum atomic E-state index is 13.3. The van der Waals surface area contributed by atoms with Gasteiger partial charge in [0.05, 0.1) is 0 Å². The molecule has 0 radical (unpaired) electrons. The molecule has 0 spiro atoms. The van der Waals surface area contributed by atoms with Crippen LogP contribution in [-0.2, 0) is 0 Å². The van der Waals surface area contributed by atoms with Crippen molar-refractivity contribution in [2.45, 2.75) is 13.8 Å². The van der Waals surface area contributed by atoms with Crippen molar-refractivity contribution in [3.8, 4) is 0 Å². The van der Waals surface area contributed by atoms with E-state index in [9.17, 15) is 8.78 Å². The molecule has 0 saturated carbocycles. The van der Waals surface area contributed by atoms with Crippen molar-refractivity contribution in [2.75, 3.05) is 6.54 Å². The smallest absolute Gasteiger partial charge is 0.166 e. The molecule has 3 heteroatoms. The largest absolute Gasteiger partial charge is 0.327 e. The number of hydrogen-bond donors (Lipinski definition) is 1. The molecule has 0 aliphatic heterocycles. The maximum absolute atomic E-state index is 13.3. The molecule has 15 heavy (non-hydrogen) atoms. The summed E-state index contributed by atoms with van der Waals surface area (Å²) in [5, 5.41) is 0. The average Bonchev–Trinajstić information content (AvgIpc) is 2.19. The van der Waals surface area contributed by atoms with Crippen LogP contribution in [0.2, 0.25) is 0 Å². The molecule has 1 aromatic rings. The Labute approximate surface area is 88.6 Å². The van der Waals surface area contributed by atoms with Gasteiger partial charge in [0.15, 0.2) is 11.6 Å². The quantitative estimate of drug-likeness (QED) is 0.817. The second kappa shape index (κ2) is 5.03. The van der Waals surface area contributed by atoms with E-state index in [1.807, 2.05) is 13.8 Å². The summed E-state index contributed by atoms with van der Waals surface area (Å²) in [6.07, 6.45) is 1.61. The Morgan fingerprint density at radius 1 is 1.40 bits per heavy atom. The number of halogens is 2. The van der Waals surface area contributed by atoms with Crippen LogP contribution < -0.4 is 5.73 Å². The first kappa shape index (κ1) is 11.9. The molecule has 0 aliphatic carbocycles. The molecule has 0 bridgehead atoms. The summed E-state index contributed by atoms with van der Waals surface area (Å²) in [6, 6.07) is 4.12. The van der Waals surface area contributed by atoms with E-state index in [1.165, 1.54) is 12.1 Å². The van der Waals surface area contributed by atoms with Crippen LogP contribution in [0, 0.1) is 17.6 Å². The van der Waals surface area contributed by atoms with Crippen molar-refractivity contribution in [3.63, 3.8) is 0 Å². The normalized spacial score (nSPS) is 12.3. The van der Waals surface area contributed by atoms with E-state index in [4.69, 9.17) is 5.73 Å². The van der Waals surface area contributed by atoms with Crippen LogP contribution in [0.15, 0.2) is 23.8 Å². The second-order valence-electron chi connectivity index (χ2n) is 3.72. The number of nitrogens with two attached hydrogens (primary N) is 1. The third-order valence-corrected chi connectivity index (χ3v) is 2.30. The molecule has 1 nitrogen and oxygen atoms in total. The van der Waals surface area contributed by atoms with Crippen LogP contribution >= 0.6 is 0 Å². The maximum Gasteiger partial charge on any atom is 0.166 e. The molecule has 0 saturated heterocycles. The van der Waals surface area contributed by atoms with Crippen LogP contribution in [0.25, 0.3) is 6.08 Å². The highest BCUT2D eigenvalue weighted by molar-refractivity contribution is 5.54. The minimum Gasteiger partial charge on any atom is -0.327 e. The Morgan fingerprint density at radius 2 is 2.07 bits per heavy atom. The lowest BCUT2D eigenvalue weighted by Gasteiger charge is -2.09. The first-order valence-electron chi connectivity index (χ1n) is 4.90. The summed E-state index contributed by atoms with van der Waals surface area (Å²) in [5.41, 5.74) is 6.68. The minimum absolute atomic E-state index is 0.234. The fourth-order valence-corrected chi connectivity index (χ4v) is 1.29. The molecule has 0 fully saturated rings.